The molecule has 3 rings (SSSR count). The number of likely N-dealkylation sites (tertiary alicyclic amines) is 1. The summed E-state index contributed by atoms with van der Waals surface area (Å²) in [6, 6.07) is 0. The van der Waals surface area contributed by atoms with E-state index >= 15 is 0 Å². The van der Waals surface area contributed by atoms with Crippen LogP contribution in [0.4, 0.5) is 0 Å². The third-order valence-corrected chi connectivity index (χ3v) is 6.14. The lowest BCUT2D eigenvalue weighted by Crippen LogP contribution is -2.59. The third kappa shape index (κ3) is 4.63. The average Bonchev–Trinajstić information content (AvgIpc) is 3.17. The zero-order valence-corrected chi connectivity index (χ0v) is 15.5. The highest BCUT2D eigenvalue weighted by molar-refractivity contribution is 5.79. The van der Waals surface area contributed by atoms with Crippen molar-refractivity contribution in [2.45, 2.75) is 75.9 Å². The number of piperidine rings is 1. The van der Waals surface area contributed by atoms with Gasteiger partial charge in [-0.2, -0.15) is 0 Å². The molecular formula is C19H36N4O. The Balaban J connectivity index is 1.53. The first kappa shape index (κ1) is 18.0. The first-order chi connectivity index (χ1) is 11.8. The summed E-state index contributed by atoms with van der Waals surface area (Å²) in [6.07, 6.45) is 13.7. The van der Waals surface area contributed by atoms with Crippen LogP contribution in [0.5, 0.6) is 0 Å². The Labute approximate surface area is 147 Å². The van der Waals surface area contributed by atoms with Crippen LogP contribution in [0.3, 0.4) is 0 Å². The van der Waals surface area contributed by atoms with Crippen molar-refractivity contribution in [3.63, 3.8) is 0 Å². The van der Waals surface area contributed by atoms with E-state index < -0.39 is 0 Å². The van der Waals surface area contributed by atoms with E-state index in [4.69, 9.17) is 4.74 Å². The van der Waals surface area contributed by atoms with Crippen LogP contribution >= 0.6 is 0 Å². The predicted molar refractivity (Wildman–Crippen MR) is 99.6 cm³/mol. The molecule has 2 heterocycles. The van der Waals surface area contributed by atoms with Crippen molar-refractivity contribution < 1.29 is 4.74 Å². The topological polar surface area (TPSA) is 48.9 Å². The van der Waals surface area contributed by atoms with Crippen molar-refractivity contribution in [1.82, 2.24) is 15.5 Å². The number of ether oxygens (including phenoxy) is 1. The molecule has 3 fully saturated rings. The Morgan fingerprint density at radius 3 is 2.46 bits per heavy atom. The Kier molecular flexibility index (Phi) is 6.78. The van der Waals surface area contributed by atoms with Gasteiger partial charge in [-0.25, -0.2) is 0 Å². The molecule has 5 heteroatoms. The lowest BCUT2D eigenvalue weighted by Gasteiger charge is -2.48. The molecule has 0 bridgehead atoms. The number of nitrogens with one attached hydrogen (secondary N) is 2. The molecule has 24 heavy (non-hydrogen) atoms. The predicted octanol–water partition coefficient (Wildman–Crippen LogP) is 2.52. The van der Waals surface area contributed by atoms with E-state index in [9.17, 15) is 0 Å². The second-order valence-electron chi connectivity index (χ2n) is 7.77. The van der Waals surface area contributed by atoms with Crippen LogP contribution in [-0.2, 0) is 4.74 Å². The number of hydrogen-bond donors (Lipinski definition) is 2. The summed E-state index contributed by atoms with van der Waals surface area (Å²) in [6.45, 7) is 5.37. The molecule has 3 aliphatic rings. The van der Waals surface area contributed by atoms with Gasteiger partial charge in [0, 0.05) is 32.3 Å². The van der Waals surface area contributed by atoms with Crippen LogP contribution in [-0.4, -0.2) is 62.3 Å². The van der Waals surface area contributed by atoms with Crippen molar-refractivity contribution in [2.24, 2.45) is 4.99 Å². The largest absolute Gasteiger partial charge is 0.376 e. The quantitative estimate of drug-likeness (QED) is 0.598. The van der Waals surface area contributed by atoms with E-state index in [0.717, 1.165) is 25.7 Å². The fourth-order valence-corrected chi connectivity index (χ4v) is 4.67. The smallest absolute Gasteiger partial charge is 0.191 e. The molecule has 1 atom stereocenters. The van der Waals surface area contributed by atoms with E-state index in [-0.39, 0.29) is 0 Å². The monoisotopic (exact) mass is 336 g/mol. The van der Waals surface area contributed by atoms with Gasteiger partial charge in [0.25, 0.3) is 0 Å². The van der Waals surface area contributed by atoms with E-state index in [1.807, 2.05) is 7.05 Å². The molecule has 1 saturated carbocycles. The molecule has 0 aromatic rings. The highest BCUT2D eigenvalue weighted by Gasteiger charge is 2.38. The maximum absolute atomic E-state index is 5.70. The second-order valence-corrected chi connectivity index (χ2v) is 7.77. The second kappa shape index (κ2) is 9.04. The first-order valence-electron chi connectivity index (χ1n) is 10.1. The van der Waals surface area contributed by atoms with Gasteiger partial charge in [-0.15, -0.1) is 0 Å². The maximum Gasteiger partial charge on any atom is 0.191 e. The van der Waals surface area contributed by atoms with Gasteiger partial charge in [-0.05, 0) is 51.6 Å². The Bertz CT molecular complexity index is 394. The van der Waals surface area contributed by atoms with E-state index in [1.54, 1.807) is 0 Å². The summed E-state index contributed by atoms with van der Waals surface area (Å²) in [4.78, 5) is 7.22. The van der Waals surface area contributed by atoms with E-state index in [0.29, 0.717) is 11.6 Å². The first-order valence-corrected chi connectivity index (χ1v) is 10.1. The number of nitrogens with zero attached hydrogens (tertiary/aromatic N) is 2. The molecule has 5 nitrogen and oxygen atoms in total. The van der Waals surface area contributed by atoms with Crippen LogP contribution in [0.2, 0.25) is 0 Å². The third-order valence-electron chi connectivity index (χ3n) is 6.14. The minimum absolute atomic E-state index is 0.347. The van der Waals surface area contributed by atoms with Gasteiger partial charge in [0.1, 0.15) is 0 Å². The molecule has 1 unspecified atom stereocenters. The van der Waals surface area contributed by atoms with Crippen LogP contribution in [0.15, 0.2) is 4.99 Å². The van der Waals surface area contributed by atoms with Gasteiger partial charge in [-0.3, -0.25) is 9.89 Å². The van der Waals surface area contributed by atoms with Gasteiger partial charge in [0.05, 0.1) is 6.10 Å². The number of rotatable bonds is 5. The van der Waals surface area contributed by atoms with E-state index in [2.05, 4.69) is 20.5 Å². The normalized spacial score (nSPS) is 28.7. The average molecular weight is 337 g/mol. The lowest BCUT2D eigenvalue weighted by atomic mass is 9.79. The minimum atomic E-state index is 0.347. The number of aliphatic imine (C=N–C) groups is 1. The van der Waals surface area contributed by atoms with E-state index in [1.165, 1.54) is 77.3 Å². The zero-order valence-electron chi connectivity index (χ0n) is 15.5. The van der Waals surface area contributed by atoms with Gasteiger partial charge in [-0.1, -0.05) is 25.7 Å². The molecule has 0 spiro atoms. The summed E-state index contributed by atoms with van der Waals surface area (Å²) in [7, 11) is 1.87. The van der Waals surface area contributed by atoms with Crippen molar-refractivity contribution in [1.29, 1.82) is 0 Å². The van der Waals surface area contributed by atoms with Crippen LogP contribution in [0.1, 0.15) is 64.2 Å². The molecule has 0 amide bonds. The van der Waals surface area contributed by atoms with Gasteiger partial charge in [0.15, 0.2) is 5.96 Å². The van der Waals surface area contributed by atoms with Crippen LogP contribution in [0.25, 0.3) is 0 Å². The standard InChI is InChI=1S/C19H36N4O/c1-20-18(21-15-17-9-8-14-24-17)22-16-19(10-4-2-5-11-19)23-12-6-3-7-13-23/h17H,2-16H2,1H3,(H2,20,21,22). The molecule has 1 aliphatic carbocycles. The number of guanidine groups is 1. The van der Waals surface area contributed by atoms with Crippen molar-refractivity contribution in [3.8, 4) is 0 Å². The summed E-state index contributed by atoms with van der Waals surface area (Å²) < 4.78 is 5.70. The number of hydrogen-bond acceptors (Lipinski definition) is 3. The fourth-order valence-electron chi connectivity index (χ4n) is 4.67. The summed E-state index contributed by atoms with van der Waals surface area (Å²) >= 11 is 0. The Morgan fingerprint density at radius 2 is 1.79 bits per heavy atom. The molecule has 0 aromatic heterocycles. The molecule has 138 valence electrons. The highest BCUT2D eigenvalue weighted by atomic mass is 16.5. The highest BCUT2D eigenvalue weighted by Crippen LogP contribution is 2.35. The van der Waals surface area contributed by atoms with Crippen molar-refractivity contribution in [3.05, 3.63) is 0 Å². The zero-order chi connectivity index (χ0) is 16.7. The Morgan fingerprint density at radius 1 is 1.04 bits per heavy atom. The molecule has 2 aliphatic heterocycles. The summed E-state index contributed by atoms with van der Waals surface area (Å²) in [5, 5.41) is 7.11. The van der Waals surface area contributed by atoms with Crippen molar-refractivity contribution >= 4 is 5.96 Å². The maximum atomic E-state index is 5.70. The minimum Gasteiger partial charge on any atom is -0.376 e. The summed E-state index contributed by atoms with van der Waals surface area (Å²) in [5.41, 5.74) is 0.347. The van der Waals surface area contributed by atoms with Crippen LogP contribution in [0, 0.1) is 0 Å². The lowest BCUT2D eigenvalue weighted by molar-refractivity contribution is 0.0367. The van der Waals surface area contributed by atoms with Crippen LogP contribution < -0.4 is 10.6 Å². The van der Waals surface area contributed by atoms with Gasteiger partial charge < -0.3 is 15.4 Å². The fraction of sp³-hybridized carbons (Fsp3) is 0.947. The molecular weight excluding hydrogens is 300 g/mol. The molecule has 2 N–H and O–H groups in total. The van der Waals surface area contributed by atoms with Gasteiger partial charge >= 0.3 is 0 Å². The molecule has 0 aromatic carbocycles. The Hall–Kier alpha value is -0.810. The SMILES string of the molecule is CN=C(NCC1CCCO1)NCC1(N2CCCCC2)CCCCC1. The molecule has 0 radical (unpaired) electrons. The molecule has 2 saturated heterocycles. The van der Waals surface area contributed by atoms with Crippen molar-refractivity contribution in [2.75, 3.05) is 39.8 Å². The van der Waals surface area contributed by atoms with Gasteiger partial charge in [0.2, 0.25) is 0 Å². The summed E-state index contributed by atoms with van der Waals surface area (Å²) in [5.74, 6) is 0.937.